The second-order valence-corrected chi connectivity index (χ2v) is 3.60. The predicted octanol–water partition coefficient (Wildman–Crippen LogP) is 2.22. The van der Waals surface area contributed by atoms with Crippen molar-refractivity contribution in [3.05, 3.63) is 29.6 Å². The third-order valence-electron chi connectivity index (χ3n) is 2.67. The Labute approximate surface area is 93.7 Å². The van der Waals surface area contributed by atoms with E-state index in [4.69, 9.17) is 15.2 Å². The third kappa shape index (κ3) is 1.88. The Balaban J connectivity index is 2.42. The van der Waals surface area contributed by atoms with E-state index in [1.807, 2.05) is 6.08 Å². The molecule has 3 nitrogen and oxygen atoms in total. The second-order valence-electron chi connectivity index (χ2n) is 3.60. The maximum Gasteiger partial charge on any atom is 0.157 e. The average Bonchev–Trinajstić information content (AvgIpc) is 2.34. The van der Waals surface area contributed by atoms with Crippen molar-refractivity contribution in [3.63, 3.8) is 0 Å². The molecule has 0 unspecified atom stereocenters. The van der Waals surface area contributed by atoms with Gasteiger partial charge in [0.2, 0.25) is 0 Å². The molecule has 2 N–H and O–H groups in total. The van der Waals surface area contributed by atoms with E-state index in [1.165, 1.54) is 7.11 Å². The van der Waals surface area contributed by atoms with Crippen LogP contribution in [0.15, 0.2) is 18.2 Å². The molecular weight excluding hydrogens is 209 g/mol. The summed E-state index contributed by atoms with van der Waals surface area (Å²) in [5.41, 5.74) is 7.19. The van der Waals surface area contributed by atoms with Gasteiger partial charge in [0.1, 0.15) is 11.4 Å². The maximum atomic E-state index is 13.9. The summed E-state index contributed by atoms with van der Waals surface area (Å²) in [7, 11) is 1.47. The summed E-state index contributed by atoms with van der Waals surface area (Å²) >= 11 is 0. The molecule has 0 bridgehead atoms. The van der Waals surface area contributed by atoms with Crippen molar-refractivity contribution >= 4 is 11.3 Å². The molecule has 86 valence electrons. The molecule has 2 rings (SSSR count). The van der Waals surface area contributed by atoms with E-state index in [0.29, 0.717) is 30.9 Å². The summed E-state index contributed by atoms with van der Waals surface area (Å²) in [6.45, 7) is 1.15. The van der Waals surface area contributed by atoms with Crippen LogP contribution in [0.25, 0.3) is 5.57 Å². The molecule has 0 aromatic heterocycles. The van der Waals surface area contributed by atoms with Crippen molar-refractivity contribution in [2.75, 3.05) is 26.1 Å². The Kier molecular flexibility index (Phi) is 3.10. The highest BCUT2D eigenvalue weighted by Gasteiger charge is 2.15. The van der Waals surface area contributed by atoms with E-state index >= 15 is 0 Å². The standard InChI is InChI=1S/C12H14FNO2/c1-15-10-3-2-9(11(13)12(10)14)8-4-6-16-7-5-8/h2-4H,5-7,14H2,1H3. The highest BCUT2D eigenvalue weighted by atomic mass is 19.1. The van der Waals surface area contributed by atoms with Crippen LogP contribution in [0.5, 0.6) is 5.75 Å². The fourth-order valence-corrected chi connectivity index (χ4v) is 1.77. The molecule has 1 aliphatic rings. The van der Waals surface area contributed by atoms with E-state index in [2.05, 4.69) is 0 Å². The Hall–Kier alpha value is -1.55. The van der Waals surface area contributed by atoms with Gasteiger partial charge in [-0.1, -0.05) is 6.08 Å². The van der Waals surface area contributed by atoms with Crippen molar-refractivity contribution in [3.8, 4) is 5.75 Å². The molecule has 1 heterocycles. The van der Waals surface area contributed by atoms with E-state index in [0.717, 1.165) is 5.57 Å². The van der Waals surface area contributed by atoms with E-state index in [1.54, 1.807) is 12.1 Å². The van der Waals surface area contributed by atoms with Crippen LogP contribution in [0.4, 0.5) is 10.1 Å². The lowest BCUT2D eigenvalue weighted by Crippen LogP contribution is -2.06. The molecule has 0 atom stereocenters. The van der Waals surface area contributed by atoms with Crippen molar-refractivity contribution in [1.29, 1.82) is 0 Å². The van der Waals surface area contributed by atoms with Gasteiger partial charge in [0, 0.05) is 5.56 Å². The van der Waals surface area contributed by atoms with Crippen molar-refractivity contribution in [1.82, 2.24) is 0 Å². The van der Waals surface area contributed by atoms with Gasteiger partial charge < -0.3 is 15.2 Å². The Morgan fingerprint density at radius 2 is 2.25 bits per heavy atom. The zero-order valence-corrected chi connectivity index (χ0v) is 9.13. The number of ether oxygens (including phenoxy) is 2. The fourth-order valence-electron chi connectivity index (χ4n) is 1.77. The smallest absolute Gasteiger partial charge is 0.157 e. The number of hydrogen-bond donors (Lipinski definition) is 1. The topological polar surface area (TPSA) is 44.5 Å². The number of halogens is 1. The van der Waals surface area contributed by atoms with Crippen LogP contribution in [0, 0.1) is 5.82 Å². The molecule has 1 aromatic carbocycles. The first-order valence-corrected chi connectivity index (χ1v) is 5.13. The molecule has 4 heteroatoms. The van der Waals surface area contributed by atoms with Crippen LogP contribution >= 0.6 is 0 Å². The summed E-state index contributed by atoms with van der Waals surface area (Å²) in [4.78, 5) is 0. The Morgan fingerprint density at radius 1 is 1.44 bits per heavy atom. The maximum absolute atomic E-state index is 13.9. The van der Waals surface area contributed by atoms with Crippen LogP contribution in [0.1, 0.15) is 12.0 Å². The zero-order chi connectivity index (χ0) is 11.5. The quantitative estimate of drug-likeness (QED) is 0.782. The van der Waals surface area contributed by atoms with Gasteiger partial charge in [-0.05, 0) is 24.1 Å². The summed E-state index contributed by atoms with van der Waals surface area (Å²) in [5.74, 6) is -0.0404. The lowest BCUT2D eigenvalue weighted by Gasteiger charge is -2.16. The summed E-state index contributed by atoms with van der Waals surface area (Å²) in [6, 6.07) is 3.38. The number of nitrogen functional groups attached to an aromatic ring is 1. The molecule has 1 aliphatic heterocycles. The van der Waals surface area contributed by atoms with Gasteiger partial charge in [0.15, 0.2) is 5.82 Å². The minimum atomic E-state index is -0.410. The minimum Gasteiger partial charge on any atom is -0.494 e. The molecule has 1 aromatic rings. The number of hydrogen-bond acceptors (Lipinski definition) is 3. The van der Waals surface area contributed by atoms with Crippen molar-refractivity contribution in [2.24, 2.45) is 0 Å². The molecule has 0 saturated heterocycles. The predicted molar refractivity (Wildman–Crippen MR) is 60.8 cm³/mol. The third-order valence-corrected chi connectivity index (χ3v) is 2.67. The Morgan fingerprint density at radius 3 is 2.88 bits per heavy atom. The largest absolute Gasteiger partial charge is 0.494 e. The molecule has 0 spiro atoms. The van der Waals surface area contributed by atoms with Crippen molar-refractivity contribution < 1.29 is 13.9 Å². The highest BCUT2D eigenvalue weighted by molar-refractivity contribution is 5.72. The molecular formula is C12H14FNO2. The van der Waals surface area contributed by atoms with Crippen LogP contribution < -0.4 is 10.5 Å². The molecule has 0 fully saturated rings. The van der Waals surface area contributed by atoms with Crippen LogP contribution in [0.3, 0.4) is 0 Å². The molecule has 0 aliphatic carbocycles. The second kappa shape index (κ2) is 4.53. The zero-order valence-electron chi connectivity index (χ0n) is 9.13. The summed E-state index contributed by atoms with van der Waals surface area (Å²) in [5, 5.41) is 0. The summed E-state index contributed by atoms with van der Waals surface area (Å²) in [6.07, 6.45) is 2.59. The number of rotatable bonds is 2. The normalized spacial score (nSPS) is 15.8. The Bertz CT molecular complexity index is 429. The lowest BCUT2D eigenvalue weighted by molar-refractivity contribution is 0.161. The van der Waals surface area contributed by atoms with Crippen LogP contribution in [-0.4, -0.2) is 20.3 Å². The SMILES string of the molecule is COc1ccc(C2=CCOCC2)c(F)c1N. The molecule has 0 radical (unpaired) electrons. The lowest BCUT2D eigenvalue weighted by atomic mass is 10.00. The van der Waals surface area contributed by atoms with Gasteiger partial charge in [-0.2, -0.15) is 0 Å². The summed E-state index contributed by atoms with van der Waals surface area (Å²) < 4.78 is 24.1. The molecule has 16 heavy (non-hydrogen) atoms. The van der Waals surface area contributed by atoms with Crippen molar-refractivity contribution in [2.45, 2.75) is 6.42 Å². The first kappa shape index (κ1) is 11.0. The molecule has 0 amide bonds. The first-order valence-electron chi connectivity index (χ1n) is 5.13. The minimum absolute atomic E-state index is 0.0624. The number of methoxy groups -OCH3 is 1. The van der Waals surface area contributed by atoms with E-state index in [9.17, 15) is 4.39 Å². The monoisotopic (exact) mass is 223 g/mol. The van der Waals surface area contributed by atoms with Gasteiger partial charge in [-0.3, -0.25) is 0 Å². The number of nitrogens with two attached hydrogens (primary N) is 1. The number of anilines is 1. The molecule has 0 saturated carbocycles. The van der Waals surface area contributed by atoms with E-state index < -0.39 is 5.82 Å². The van der Waals surface area contributed by atoms with Crippen LogP contribution in [-0.2, 0) is 4.74 Å². The van der Waals surface area contributed by atoms with E-state index in [-0.39, 0.29) is 5.69 Å². The highest BCUT2D eigenvalue weighted by Crippen LogP contribution is 2.32. The number of benzene rings is 1. The first-order chi connectivity index (χ1) is 7.74. The van der Waals surface area contributed by atoms with Gasteiger partial charge >= 0.3 is 0 Å². The van der Waals surface area contributed by atoms with Gasteiger partial charge in [0.05, 0.1) is 20.3 Å². The average molecular weight is 223 g/mol. The van der Waals surface area contributed by atoms with Gasteiger partial charge in [-0.25, -0.2) is 4.39 Å². The van der Waals surface area contributed by atoms with Crippen LogP contribution in [0.2, 0.25) is 0 Å². The fraction of sp³-hybridized carbons (Fsp3) is 0.333. The van der Waals surface area contributed by atoms with Gasteiger partial charge in [0.25, 0.3) is 0 Å². The van der Waals surface area contributed by atoms with Gasteiger partial charge in [-0.15, -0.1) is 0 Å².